The van der Waals surface area contributed by atoms with Gasteiger partial charge in [0.1, 0.15) is 0 Å². The molecule has 0 aromatic heterocycles. The smallest absolute Gasteiger partial charge is 0.309 e. The molecule has 0 radical (unpaired) electrons. The molecule has 1 N–H and O–H groups in total. The van der Waals surface area contributed by atoms with E-state index >= 15 is 0 Å². The minimum atomic E-state index is -0.0148. The Labute approximate surface area is 66.1 Å². The van der Waals surface area contributed by atoms with E-state index in [1.165, 1.54) is 13.5 Å². The number of methoxy groups -OCH3 is 1. The maximum atomic E-state index is 11.2. The quantitative estimate of drug-likeness (QED) is 0.548. The first-order chi connectivity index (χ1) is 5.31. The topological polar surface area (TPSA) is 38.3 Å². The van der Waals surface area contributed by atoms with Gasteiger partial charge in [-0.3, -0.25) is 4.79 Å². The lowest BCUT2D eigenvalue weighted by Crippen LogP contribution is -2.33. The van der Waals surface area contributed by atoms with Gasteiger partial charge >= 0.3 is 5.97 Å². The van der Waals surface area contributed by atoms with E-state index in [0.29, 0.717) is 12.0 Å². The van der Waals surface area contributed by atoms with Crippen molar-refractivity contribution in [1.82, 2.24) is 5.32 Å². The van der Waals surface area contributed by atoms with Crippen LogP contribution in [0.25, 0.3) is 0 Å². The predicted octanol–water partition coefficient (Wildman–Crippen LogP) is 0.157. The Morgan fingerprint density at radius 3 is 2.82 bits per heavy atom. The van der Waals surface area contributed by atoms with Crippen molar-refractivity contribution in [3.8, 4) is 0 Å². The van der Waals surface area contributed by atoms with E-state index in [9.17, 15) is 4.79 Å². The fourth-order valence-electron chi connectivity index (χ4n) is 2.28. The number of hydrogen-bond acceptors (Lipinski definition) is 3. The summed E-state index contributed by atoms with van der Waals surface area (Å²) in [5, 5.41) is 3.36. The highest BCUT2D eigenvalue weighted by Gasteiger charge is 2.43. The number of nitrogens with one attached hydrogen (secondary N) is 1. The van der Waals surface area contributed by atoms with Crippen LogP contribution >= 0.6 is 0 Å². The second-order valence-corrected chi connectivity index (χ2v) is 3.47. The van der Waals surface area contributed by atoms with Gasteiger partial charge in [0.15, 0.2) is 0 Å². The molecule has 3 atom stereocenters. The van der Waals surface area contributed by atoms with Gasteiger partial charge in [-0.25, -0.2) is 0 Å². The molecule has 2 fully saturated rings. The van der Waals surface area contributed by atoms with Gasteiger partial charge in [-0.05, 0) is 25.3 Å². The van der Waals surface area contributed by atoms with Crippen LogP contribution in [0.2, 0.25) is 0 Å². The van der Waals surface area contributed by atoms with Crippen molar-refractivity contribution in [3.63, 3.8) is 0 Å². The lowest BCUT2D eigenvalue weighted by atomic mass is 9.96. The zero-order chi connectivity index (χ0) is 7.84. The summed E-state index contributed by atoms with van der Waals surface area (Å²) in [5.41, 5.74) is 0. The van der Waals surface area contributed by atoms with Crippen LogP contribution in [-0.4, -0.2) is 25.7 Å². The van der Waals surface area contributed by atoms with E-state index in [2.05, 4.69) is 5.32 Å². The van der Waals surface area contributed by atoms with Crippen LogP contribution in [0.15, 0.2) is 0 Å². The van der Waals surface area contributed by atoms with Gasteiger partial charge in [-0.1, -0.05) is 0 Å². The maximum absolute atomic E-state index is 11.2. The summed E-state index contributed by atoms with van der Waals surface area (Å²) < 4.78 is 4.72. The fourth-order valence-corrected chi connectivity index (χ4v) is 2.28. The molecule has 1 heterocycles. The molecule has 0 amide bonds. The Morgan fingerprint density at radius 1 is 1.55 bits per heavy atom. The minimum absolute atomic E-state index is 0.0148. The molecule has 0 aromatic carbocycles. The molecule has 3 heteroatoms. The molecular formula is C8H13NO2. The number of rotatable bonds is 1. The standard InChI is InChI=1S/C8H13NO2/c1-11-8(10)7-3-6-2-5(7)4-9-6/h5-7,9H,2-4H2,1H3/t5-,6-,7+/m0/s1. The third kappa shape index (κ3) is 1.03. The van der Waals surface area contributed by atoms with Crippen LogP contribution in [-0.2, 0) is 9.53 Å². The number of carbonyl (C=O) groups is 1. The SMILES string of the molecule is COC(=O)[C@@H]1C[C@@H]2C[C@H]1CN2. The fraction of sp³-hybridized carbons (Fsp3) is 0.875. The van der Waals surface area contributed by atoms with Crippen molar-refractivity contribution in [1.29, 1.82) is 0 Å². The highest BCUT2D eigenvalue weighted by atomic mass is 16.5. The molecule has 2 aliphatic rings. The first-order valence-corrected chi connectivity index (χ1v) is 4.12. The summed E-state index contributed by atoms with van der Waals surface area (Å²) in [5.74, 6) is 0.720. The number of ether oxygens (including phenoxy) is 1. The molecule has 0 unspecified atom stereocenters. The van der Waals surface area contributed by atoms with E-state index in [1.807, 2.05) is 0 Å². The van der Waals surface area contributed by atoms with Gasteiger partial charge in [0.05, 0.1) is 13.0 Å². The number of fused-ring (bicyclic) bond motifs is 2. The lowest BCUT2D eigenvalue weighted by molar-refractivity contribution is -0.146. The third-order valence-corrected chi connectivity index (χ3v) is 2.87. The lowest BCUT2D eigenvalue weighted by Gasteiger charge is -2.19. The molecule has 0 spiro atoms. The van der Waals surface area contributed by atoms with Gasteiger partial charge in [0, 0.05) is 6.04 Å². The Kier molecular flexibility index (Phi) is 1.60. The monoisotopic (exact) mass is 155 g/mol. The Balaban J connectivity index is 2.02. The van der Waals surface area contributed by atoms with E-state index in [0.717, 1.165) is 13.0 Å². The molecule has 1 saturated carbocycles. The molecule has 2 bridgehead atoms. The average molecular weight is 155 g/mol. The van der Waals surface area contributed by atoms with Gasteiger partial charge in [-0.2, -0.15) is 0 Å². The molecule has 1 aliphatic heterocycles. The summed E-state index contributed by atoms with van der Waals surface area (Å²) >= 11 is 0. The van der Waals surface area contributed by atoms with Gasteiger partial charge < -0.3 is 10.1 Å². The van der Waals surface area contributed by atoms with Crippen molar-refractivity contribution in [2.45, 2.75) is 18.9 Å². The largest absolute Gasteiger partial charge is 0.469 e. The van der Waals surface area contributed by atoms with Gasteiger partial charge in [0.25, 0.3) is 0 Å². The molecule has 0 aromatic rings. The number of hydrogen-bond donors (Lipinski definition) is 1. The van der Waals surface area contributed by atoms with Crippen molar-refractivity contribution in [2.24, 2.45) is 11.8 Å². The first-order valence-electron chi connectivity index (χ1n) is 4.12. The number of piperidine rings is 1. The Hall–Kier alpha value is -0.570. The van der Waals surface area contributed by atoms with E-state index < -0.39 is 0 Å². The average Bonchev–Trinajstić information content (AvgIpc) is 2.62. The summed E-state index contributed by atoms with van der Waals surface area (Å²) in [4.78, 5) is 11.2. The van der Waals surface area contributed by atoms with Crippen LogP contribution in [0.4, 0.5) is 0 Å². The third-order valence-electron chi connectivity index (χ3n) is 2.87. The van der Waals surface area contributed by atoms with E-state index in [-0.39, 0.29) is 11.9 Å². The van der Waals surface area contributed by atoms with Gasteiger partial charge in [0.2, 0.25) is 0 Å². The Morgan fingerprint density at radius 2 is 2.36 bits per heavy atom. The van der Waals surface area contributed by atoms with Crippen molar-refractivity contribution < 1.29 is 9.53 Å². The molecule has 2 rings (SSSR count). The van der Waals surface area contributed by atoms with Gasteiger partial charge in [-0.15, -0.1) is 0 Å². The Bertz CT molecular complexity index is 181. The highest BCUT2D eigenvalue weighted by Crippen LogP contribution is 2.36. The van der Waals surface area contributed by atoms with Crippen LogP contribution in [0.1, 0.15) is 12.8 Å². The predicted molar refractivity (Wildman–Crippen MR) is 40.0 cm³/mol. The van der Waals surface area contributed by atoms with Crippen LogP contribution in [0, 0.1) is 11.8 Å². The van der Waals surface area contributed by atoms with E-state index in [1.54, 1.807) is 0 Å². The van der Waals surface area contributed by atoms with Crippen LogP contribution < -0.4 is 5.32 Å². The zero-order valence-corrected chi connectivity index (χ0v) is 6.67. The second-order valence-electron chi connectivity index (χ2n) is 3.47. The van der Waals surface area contributed by atoms with Crippen LogP contribution in [0.3, 0.4) is 0 Å². The van der Waals surface area contributed by atoms with Crippen molar-refractivity contribution in [3.05, 3.63) is 0 Å². The molecule has 1 aliphatic carbocycles. The maximum Gasteiger partial charge on any atom is 0.309 e. The summed E-state index contributed by atoms with van der Waals surface area (Å²) in [6.45, 7) is 1.00. The summed E-state index contributed by atoms with van der Waals surface area (Å²) in [7, 11) is 1.47. The molecule has 11 heavy (non-hydrogen) atoms. The summed E-state index contributed by atoms with van der Waals surface area (Å²) in [6.07, 6.45) is 2.15. The molecular weight excluding hydrogens is 142 g/mol. The second kappa shape index (κ2) is 2.48. The van der Waals surface area contributed by atoms with Crippen molar-refractivity contribution >= 4 is 5.97 Å². The zero-order valence-electron chi connectivity index (χ0n) is 6.67. The normalized spacial score (nSPS) is 41.0. The number of carbonyl (C=O) groups excluding carboxylic acids is 1. The first kappa shape index (κ1) is 7.10. The number of esters is 1. The van der Waals surface area contributed by atoms with E-state index in [4.69, 9.17) is 4.74 Å². The summed E-state index contributed by atoms with van der Waals surface area (Å²) in [6, 6.07) is 0.587. The molecule has 62 valence electrons. The minimum Gasteiger partial charge on any atom is -0.469 e. The highest BCUT2D eigenvalue weighted by molar-refractivity contribution is 5.73. The van der Waals surface area contributed by atoms with Crippen LogP contribution in [0.5, 0.6) is 0 Å². The van der Waals surface area contributed by atoms with Crippen molar-refractivity contribution in [2.75, 3.05) is 13.7 Å². The molecule has 1 saturated heterocycles. The molecule has 3 nitrogen and oxygen atoms in total.